The first-order valence-corrected chi connectivity index (χ1v) is 12.2. The molecule has 0 aromatic heterocycles. The number of Topliss-reactive ketones (excluding diaryl/α,β-unsaturated/α-hetero) is 1. The van der Waals surface area contributed by atoms with Crippen LogP contribution in [0.2, 0.25) is 5.02 Å². The van der Waals surface area contributed by atoms with Crippen LogP contribution in [-0.4, -0.2) is 68.9 Å². The standard InChI is InChI=1S/C27H32ClNO8/c1-7-36-17-8-9-19(28)18(14-17)24(30)22-23(29(27(32)25(22)31)10-11-37-15(2)3)16-12-20(33-4)26(35-6)21(13-16)34-5/h8-9,12-15,23,30H,7,10-11H2,1-6H3/b24-22+. The van der Waals surface area contributed by atoms with Crippen molar-refractivity contribution >= 4 is 29.1 Å². The maximum atomic E-state index is 13.4. The molecule has 9 nitrogen and oxygen atoms in total. The summed E-state index contributed by atoms with van der Waals surface area (Å²) in [7, 11) is 4.41. The van der Waals surface area contributed by atoms with E-state index in [4.69, 9.17) is 35.3 Å². The van der Waals surface area contributed by atoms with Gasteiger partial charge in [0.2, 0.25) is 5.75 Å². The Bertz CT molecular complexity index is 1170. The Morgan fingerprint density at radius 1 is 1.05 bits per heavy atom. The largest absolute Gasteiger partial charge is 0.507 e. The van der Waals surface area contributed by atoms with Crippen molar-refractivity contribution in [3.05, 3.63) is 52.1 Å². The Hall–Kier alpha value is -3.43. The predicted octanol–water partition coefficient (Wildman–Crippen LogP) is 4.61. The molecule has 1 amide bonds. The maximum Gasteiger partial charge on any atom is 0.295 e. The highest BCUT2D eigenvalue weighted by atomic mass is 35.5. The Balaban J connectivity index is 2.25. The summed E-state index contributed by atoms with van der Waals surface area (Å²) in [6, 6.07) is 7.04. The normalized spacial score (nSPS) is 16.9. The van der Waals surface area contributed by atoms with E-state index in [-0.39, 0.29) is 35.4 Å². The van der Waals surface area contributed by atoms with Gasteiger partial charge in [-0.3, -0.25) is 9.59 Å². The number of hydrogen-bond acceptors (Lipinski definition) is 8. The smallest absolute Gasteiger partial charge is 0.295 e. The molecule has 200 valence electrons. The van der Waals surface area contributed by atoms with Crippen LogP contribution in [0.4, 0.5) is 0 Å². The maximum absolute atomic E-state index is 13.4. The molecular formula is C27H32ClNO8. The number of halogens is 1. The van der Waals surface area contributed by atoms with Crippen LogP contribution in [0.1, 0.15) is 37.9 Å². The van der Waals surface area contributed by atoms with E-state index in [1.165, 1.54) is 32.3 Å². The number of hydrogen-bond donors (Lipinski definition) is 1. The minimum Gasteiger partial charge on any atom is -0.507 e. The summed E-state index contributed by atoms with van der Waals surface area (Å²) in [5.41, 5.74) is 0.512. The van der Waals surface area contributed by atoms with E-state index in [0.717, 1.165) is 0 Å². The second-order valence-corrected chi connectivity index (χ2v) is 8.85. The van der Waals surface area contributed by atoms with Gasteiger partial charge in [-0.2, -0.15) is 0 Å². The van der Waals surface area contributed by atoms with Gasteiger partial charge >= 0.3 is 0 Å². The lowest BCUT2D eigenvalue weighted by molar-refractivity contribution is -0.140. The quantitative estimate of drug-likeness (QED) is 0.254. The zero-order valence-electron chi connectivity index (χ0n) is 21.8. The Labute approximate surface area is 221 Å². The number of carbonyl (C=O) groups is 2. The number of aliphatic hydroxyl groups excluding tert-OH is 1. The molecular weight excluding hydrogens is 502 g/mol. The van der Waals surface area contributed by atoms with Gasteiger partial charge in [-0.1, -0.05) is 11.6 Å². The molecule has 1 saturated heterocycles. The number of nitrogens with zero attached hydrogens (tertiary/aromatic N) is 1. The van der Waals surface area contributed by atoms with Gasteiger partial charge in [0.25, 0.3) is 11.7 Å². The van der Waals surface area contributed by atoms with E-state index < -0.39 is 23.5 Å². The number of carbonyl (C=O) groups excluding carboxylic acids is 2. The molecule has 1 aliphatic heterocycles. The fourth-order valence-corrected chi connectivity index (χ4v) is 4.40. The zero-order chi connectivity index (χ0) is 27.3. The molecule has 1 N–H and O–H groups in total. The van der Waals surface area contributed by atoms with Crippen LogP contribution in [0, 0.1) is 0 Å². The van der Waals surface area contributed by atoms with Crippen LogP contribution in [0.15, 0.2) is 35.9 Å². The minimum absolute atomic E-state index is 0.0726. The lowest BCUT2D eigenvalue weighted by atomic mass is 9.94. The van der Waals surface area contributed by atoms with Crippen molar-refractivity contribution in [3.8, 4) is 23.0 Å². The number of benzene rings is 2. The van der Waals surface area contributed by atoms with Crippen LogP contribution >= 0.6 is 11.6 Å². The average molecular weight is 534 g/mol. The van der Waals surface area contributed by atoms with E-state index in [0.29, 0.717) is 35.2 Å². The molecule has 2 aromatic carbocycles. The van der Waals surface area contributed by atoms with Gasteiger partial charge < -0.3 is 33.7 Å². The van der Waals surface area contributed by atoms with Gasteiger partial charge in [0, 0.05) is 12.1 Å². The van der Waals surface area contributed by atoms with Gasteiger partial charge in [0.05, 0.1) is 57.3 Å². The number of aliphatic hydroxyl groups is 1. The summed E-state index contributed by atoms with van der Waals surface area (Å²) < 4.78 is 27.6. The molecule has 10 heteroatoms. The topological polar surface area (TPSA) is 104 Å². The summed E-state index contributed by atoms with van der Waals surface area (Å²) in [5.74, 6) is -0.576. The van der Waals surface area contributed by atoms with E-state index in [2.05, 4.69) is 0 Å². The number of methoxy groups -OCH3 is 3. The Morgan fingerprint density at radius 3 is 2.24 bits per heavy atom. The third-order valence-corrected chi connectivity index (χ3v) is 6.16. The van der Waals surface area contributed by atoms with Gasteiger partial charge in [-0.05, 0) is 56.7 Å². The summed E-state index contributed by atoms with van der Waals surface area (Å²) in [6.07, 6.45) is -0.0726. The van der Waals surface area contributed by atoms with E-state index in [9.17, 15) is 14.7 Å². The third-order valence-electron chi connectivity index (χ3n) is 5.83. The van der Waals surface area contributed by atoms with Crippen LogP contribution in [0.25, 0.3) is 5.76 Å². The number of likely N-dealkylation sites (tertiary alicyclic amines) is 1. The number of rotatable bonds is 11. The SMILES string of the molecule is CCOc1ccc(Cl)c(/C(O)=C2\C(=O)C(=O)N(CCOC(C)C)C2c2cc(OC)c(OC)c(OC)c2)c1. The predicted molar refractivity (Wildman–Crippen MR) is 139 cm³/mol. The van der Waals surface area contributed by atoms with Crippen LogP contribution in [-0.2, 0) is 14.3 Å². The second kappa shape index (κ2) is 12.2. The molecule has 1 heterocycles. The highest BCUT2D eigenvalue weighted by molar-refractivity contribution is 6.47. The van der Waals surface area contributed by atoms with Gasteiger partial charge in [0.15, 0.2) is 11.5 Å². The van der Waals surface area contributed by atoms with Gasteiger partial charge in [0.1, 0.15) is 11.5 Å². The molecule has 0 radical (unpaired) electrons. The van der Waals surface area contributed by atoms with Gasteiger partial charge in [-0.25, -0.2) is 0 Å². The first kappa shape index (κ1) is 28.1. The van der Waals surface area contributed by atoms with Crippen molar-refractivity contribution < 1.29 is 38.4 Å². The van der Waals surface area contributed by atoms with E-state index >= 15 is 0 Å². The summed E-state index contributed by atoms with van der Waals surface area (Å²) >= 11 is 6.40. The van der Waals surface area contributed by atoms with Crippen molar-refractivity contribution in [3.63, 3.8) is 0 Å². The zero-order valence-corrected chi connectivity index (χ0v) is 22.5. The van der Waals surface area contributed by atoms with Crippen molar-refractivity contribution in [2.75, 3.05) is 41.1 Å². The van der Waals surface area contributed by atoms with Crippen LogP contribution in [0.3, 0.4) is 0 Å². The summed E-state index contributed by atoms with van der Waals surface area (Å²) in [4.78, 5) is 27.9. The Kier molecular flexibility index (Phi) is 9.29. The molecule has 0 spiro atoms. The van der Waals surface area contributed by atoms with Crippen molar-refractivity contribution in [2.24, 2.45) is 0 Å². The number of ether oxygens (including phenoxy) is 5. The lowest BCUT2D eigenvalue weighted by Gasteiger charge is -2.27. The molecule has 1 atom stereocenters. The first-order chi connectivity index (χ1) is 17.7. The Morgan fingerprint density at radius 2 is 1.70 bits per heavy atom. The molecule has 37 heavy (non-hydrogen) atoms. The fourth-order valence-electron chi connectivity index (χ4n) is 4.19. The van der Waals surface area contributed by atoms with Crippen molar-refractivity contribution in [1.29, 1.82) is 0 Å². The highest BCUT2D eigenvalue weighted by Crippen LogP contribution is 2.46. The summed E-state index contributed by atoms with van der Waals surface area (Å²) in [6.45, 7) is 6.26. The average Bonchev–Trinajstić information content (AvgIpc) is 3.13. The molecule has 1 fully saturated rings. The molecule has 2 aromatic rings. The number of ketones is 1. The van der Waals surface area contributed by atoms with E-state index in [1.807, 2.05) is 20.8 Å². The van der Waals surface area contributed by atoms with Crippen molar-refractivity contribution in [2.45, 2.75) is 32.9 Å². The second-order valence-electron chi connectivity index (χ2n) is 8.45. The third kappa shape index (κ3) is 5.78. The molecule has 0 saturated carbocycles. The fraction of sp³-hybridized carbons (Fsp3) is 0.407. The highest BCUT2D eigenvalue weighted by Gasteiger charge is 2.46. The summed E-state index contributed by atoms with van der Waals surface area (Å²) in [5, 5.41) is 11.6. The van der Waals surface area contributed by atoms with Crippen LogP contribution in [0.5, 0.6) is 23.0 Å². The van der Waals surface area contributed by atoms with Crippen LogP contribution < -0.4 is 18.9 Å². The molecule has 0 aliphatic carbocycles. The molecule has 0 bridgehead atoms. The van der Waals surface area contributed by atoms with Gasteiger partial charge in [-0.15, -0.1) is 0 Å². The lowest BCUT2D eigenvalue weighted by Crippen LogP contribution is -2.33. The number of amides is 1. The molecule has 3 rings (SSSR count). The minimum atomic E-state index is -0.976. The van der Waals surface area contributed by atoms with Crippen molar-refractivity contribution in [1.82, 2.24) is 4.90 Å². The molecule has 1 aliphatic rings. The molecule has 1 unspecified atom stereocenters. The monoisotopic (exact) mass is 533 g/mol. The van der Waals surface area contributed by atoms with E-state index in [1.54, 1.807) is 24.3 Å². The first-order valence-electron chi connectivity index (χ1n) is 11.8.